The minimum atomic E-state index is -4.33. The van der Waals surface area contributed by atoms with Crippen molar-refractivity contribution in [1.29, 1.82) is 0 Å². The van der Waals surface area contributed by atoms with Crippen LogP contribution in [-0.4, -0.2) is 36.2 Å². The molecule has 0 aromatic heterocycles. The fraction of sp³-hybridized carbons (Fsp3) is 0.143. The van der Waals surface area contributed by atoms with Crippen LogP contribution in [0.15, 0.2) is 94.7 Å². The van der Waals surface area contributed by atoms with Crippen molar-refractivity contribution >= 4 is 31.8 Å². The van der Waals surface area contributed by atoms with Crippen molar-refractivity contribution in [3.8, 4) is 33.8 Å². The molecule has 206 valence electrons. The monoisotopic (exact) mass is 590 g/mol. The maximum absolute atomic E-state index is 11.6. The Kier molecular flexibility index (Phi) is 8.79. The molecule has 0 amide bonds. The highest BCUT2D eigenvalue weighted by Gasteiger charge is 2.21. The van der Waals surface area contributed by atoms with E-state index in [2.05, 4.69) is 0 Å². The zero-order valence-corrected chi connectivity index (χ0v) is 23.6. The molecule has 0 fully saturated rings. The van der Waals surface area contributed by atoms with E-state index in [1.807, 2.05) is 20.8 Å². The van der Waals surface area contributed by atoms with Crippen LogP contribution in [0.1, 0.15) is 26.3 Å². The molecule has 39 heavy (non-hydrogen) atoms. The second kappa shape index (κ2) is 11.4. The lowest BCUT2D eigenvalue weighted by Gasteiger charge is -2.21. The Labute approximate surface area is 232 Å². The number of hydrogen-bond donors (Lipinski definition) is 4. The lowest BCUT2D eigenvalue weighted by atomic mass is 9.85. The molecule has 0 radical (unpaired) electrons. The maximum Gasteiger partial charge on any atom is 0.295 e. The largest absolute Gasteiger partial charge is 0.508 e. The molecule has 0 saturated heterocycles. The Balaban J connectivity index is 0.000000218. The number of hydrogen-bond acceptors (Lipinski definition) is 6. The summed E-state index contributed by atoms with van der Waals surface area (Å²) >= 11 is 5.82. The van der Waals surface area contributed by atoms with Crippen molar-refractivity contribution in [2.45, 2.75) is 36.0 Å². The zero-order chi connectivity index (χ0) is 29.2. The van der Waals surface area contributed by atoms with Crippen LogP contribution in [0.5, 0.6) is 11.5 Å². The summed E-state index contributed by atoms with van der Waals surface area (Å²) in [7, 11) is -8.65. The number of phenols is 2. The lowest BCUT2D eigenvalue weighted by Crippen LogP contribution is -2.12. The molecule has 8 nitrogen and oxygen atoms in total. The van der Waals surface area contributed by atoms with E-state index < -0.39 is 20.2 Å². The summed E-state index contributed by atoms with van der Waals surface area (Å²) < 4.78 is 64.2. The molecule has 4 aromatic rings. The predicted molar refractivity (Wildman–Crippen MR) is 150 cm³/mol. The second-order valence-electron chi connectivity index (χ2n) is 9.65. The molecular weight excluding hydrogens is 564 g/mol. The molecule has 0 heterocycles. The normalized spacial score (nSPS) is 11.9. The van der Waals surface area contributed by atoms with E-state index in [1.54, 1.807) is 24.3 Å². The third-order valence-electron chi connectivity index (χ3n) is 5.70. The Bertz CT molecular complexity index is 1690. The van der Waals surface area contributed by atoms with E-state index in [4.69, 9.17) is 16.2 Å². The molecule has 11 heteroatoms. The number of rotatable bonds is 4. The lowest BCUT2D eigenvalue weighted by molar-refractivity contribution is 0.475. The molecule has 0 bridgehead atoms. The highest BCUT2D eigenvalue weighted by Crippen LogP contribution is 2.34. The molecule has 4 N–H and O–H groups in total. The predicted octanol–water partition coefficient (Wildman–Crippen LogP) is 6.56. The maximum atomic E-state index is 11.6. The van der Waals surface area contributed by atoms with E-state index in [0.29, 0.717) is 21.7 Å². The quantitative estimate of drug-likeness (QED) is 0.195. The van der Waals surface area contributed by atoms with Crippen molar-refractivity contribution in [1.82, 2.24) is 0 Å². The standard InChI is InChI=1S/C16H18O4S.C12H9ClO4S/c1-16(2,3)12-6-9-15(21(18,19)20)14(10-12)11-4-7-13(17)8-5-11;13-9-3-6-12(18(15,16)17)11(7-9)8-1-4-10(14)5-2-8/h4-10,17H,1-3H3,(H,18,19,20);1-7,14H,(H,15,16,17). The van der Waals surface area contributed by atoms with Gasteiger partial charge in [-0.25, -0.2) is 0 Å². The molecule has 0 unspecified atom stereocenters. The van der Waals surface area contributed by atoms with Crippen LogP contribution in [0.25, 0.3) is 22.3 Å². The van der Waals surface area contributed by atoms with Gasteiger partial charge < -0.3 is 10.2 Å². The van der Waals surface area contributed by atoms with E-state index in [-0.39, 0.29) is 32.3 Å². The number of benzene rings is 4. The summed E-state index contributed by atoms with van der Waals surface area (Å²) in [5.74, 6) is 0.160. The first-order valence-corrected chi connectivity index (χ1v) is 14.7. The second-order valence-corrected chi connectivity index (χ2v) is 12.9. The van der Waals surface area contributed by atoms with Crippen LogP contribution in [0.2, 0.25) is 5.02 Å². The van der Waals surface area contributed by atoms with Gasteiger partial charge in [0, 0.05) is 16.1 Å². The summed E-state index contributed by atoms with van der Waals surface area (Å²) in [5, 5.41) is 18.9. The van der Waals surface area contributed by atoms with Crippen LogP contribution in [0.3, 0.4) is 0 Å². The molecule has 0 aliphatic heterocycles. The molecule has 4 rings (SSSR count). The molecular formula is C28H27ClO8S2. The van der Waals surface area contributed by atoms with Crippen LogP contribution >= 0.6 is 11.6 Å². The molecule has 0 aliphatic carbocycles. The highest BCUT2D eigenvalue weighted by molar-refractivity contribution is 7.86. The molecule has 0 saturated carbocycles. The van der Waals surface area contributed by atoms with Gasteiger partial charge in [-0.2, -0.15) is 16.8 Å². The van der Waals surface area contributed by atoms with Crippen LogP contribution in [-0.2, 0) is 25.7 Å². The Morgan fingerprint density at radius 3 is 1.36 bits per heavy atom. The van der Waals surface area contributed by atoms with Gasteiger partial charge in [-0.15, -0.1) is 0 Å². The molecule has 0 aliphatic rings. The minimum Gasteiger partial charge on any atom is -0.508 e. The minimum absolute atomic E-state index is 0.0641. The molecule has 4 aromatic carbocycles. The van der Waals surface area contributed by atoms with Gasteiger partial charge >= 0.3 is 0 Å². The van der Waals surface area contributed by atoms with Crippen molar-refractivity contribution in [3.63, 3.8) is 0 Å². The van der Waals surface area contributed by atoms with Crippen molar-refractivity contribution in [2.24, 2.45) is 0 Å². The van der Waals surface area contributed by atoms with Crippen molar-refractivity contribution < 1.29 is 36.2 Å². The third-order valence-corrected chi connectivity index (χ3v) is 7.76. The first-order chi connectivity index (χ1) is 18.0. The van der Waals surface area contributed by atoms with Gasteiger partial charge in [-0.05, 0) is 76.7 Å². The summed E-state index contributed by atoms with van der Waals surface area (Å²) in [6.45, 7) is 6.07. The Morgan fingerprint density at radius 2 is 0.974 bits per heavy atom. The summed E-state index contributed by atoms with van der Waals surface area (Å²) in [6, 6.07) is 21.0. The van der Waals surface area contributed by atoms with Gasteiger partial charge in [0.15, 0.2) is 0 Å². The van der Waals surface area contributed by atoms with Crippen molar-refractivity contribution in [2.75, 3.05) is 0 Å². The number of phenolic OH excluding ortho intramolecular Hbond substituents is 2. The van der Waals surface area contributed by atoms with Gasteiger partial charge in [0.05, 0.1) is 0 Å². The van der Waals surface area contributed by atoms with Crippen LogP contribution in [0.4, 0.5) is 0 Å². The van der Waals surface area contributed by atoms with Gasteiger partial charge in [0.1, 0.15) is 21.3 Å². The van der Waals surface area contributed by atoms with E-state index >= 15 is 0 Å². The van der Waals surface area contributed by atoms with E-state index in [1.165, 1.54) is 60.7 Å². The highest BCUT2D eigenvalue weighted by atomic mass is 35.5. The smallest absolute Gasteiger partial charge is 0.295 e. The third kappa shape index (κ3) is 7.81. The summed E-state index contributed by atoms with van der Waals surface area (Å²) in [5.41, 5.74) is 2.66. The first-order valence-electron chi connectivity index (χ1n) is 11.4. The Morgan fingerprint density at radius 1 is 0.590 bits per heavy atom. The molecule has 0 atom stereocenters. The Hall–Kier alpha value is -3.41. The van der Waals surface area contributed by atoms with Gasteiger partial charge in [0.2, 0.25) is 0 Å². The molecule has 0 spiro atoms. The van der Waals surface area contributed by atoms with Gasteiger partial charge in [0.25, 0.3) is 20.2 Å². The average Bonchev–Trinajstić information content (AvgIpc) is 2.83. The number of halogens is 1. The van der Waals surface area contributed by atoms with Gasteiger partial charge in [-0.3, -0.25) is 9.11 Å². The summed E-state index contributed by atoms with van der Waals surface area (Å²) in [4.78, 5) is -0.362. The zero-order valence-electron chi connectivity index (χ0n) is 21.2. The fourth-order valence-corrected chi connectivity index (χ4v) is 5.24. The van der Waals surface area contributed by atoms with Crippen LogP contribution in [0, 0.1) is 0 Å². The van der Waals surface area contributed by atoms with Crippen molar-refractivity contribution in [3.05, 3.63) is 95.5 Å². The van der Waals surface area contributed by atoms with Gasteiger partial charge in [-0.1, -0.05) is 62.7 Å². The summed E-state index contributed by atoms with van der Waals surface area (Å²) in [6.07, 6.45) is 0. The van der Waals surface area contributed by atoms with Crippen LogP contribution < -0.4 is 0 Å². The fourth-order valence-electron chi connectivity index (χ4n) is 3.68. The van der Waals surface area contributed by atoms with E-state index in [9.17, 15) is 31.6 Å². The topological polar surface area (TPSA) is 149 Å². The SMILES string of the molecule is CC(C)(C)c1ccc(S(=O)(=O)O)c(-c2ccc(O)cc2)c1.O=S(=O)(O)c1ccc(Cl)cc1-c1ccc(O)cc1. The van der Waals surface area contributed by atoms with E-state index in [0.717, 1.165) is 5.56 Å². The average molecular weight is 591 g/mol. The number of aromatic hydroxyl groups is 2. The first kappa shape index (κ1) is 30.1.